The van der Waals surface area contributed by atoms with Gasteiger partial charge in [0.15, 0.2) is 0 Å². The lowest BCUT2D eigenvalue weighted by atomic mass is 10.1. The van der Waals surface area contributed by atoms with E-state index in [1.54, 1.807) is 18.3 Å². The van der Waals surface area contributed by atoms with E-state index in [4.69, 9.17) is 0 Å². The highest BCUT2D eigenvalue weighted by molar-refractivity contribution is 5.29. The van der Waals surface area contributed by atoms with Crippen LogP contribution in [0.5, 0.6) is 5.75 Å². The third kappa shape index (κ3) is 3.48. The van der Waals surface area contributed by atoms with Gasteiger partial charge in [0.05, 0.1) is 6.20 Å². The van der Waals surface area contributed by atoms with E-state index >= 15 is 0 Å². The molecule has 0 N–H and O–H groups in total. The smallest absolute Gasteiger partial charge is 0.387 e. The monoisotopic (exact) mass is 253 g/mol. The van der Waals surface area contributed by atoms with Gasteiger partial charge >= 0.3 is 6.61 Å². The highest BCUT2D eigenvalue weighted by Gasteiger charge is 2.05. The van der Waals surface area contributed by atoms with E-state index in [9.17, 15) is 13.2 Å². The molecule has 0 aliphatic heterocycles. The lowest BCUT2D eigenvalue weighted by Crippen LogP contribution is -2.02. The van der Waals surface area contributed by atoms with Crippen LogP contribution in [-0.4, -0.2) is 11.6 Å². The van der Waals surface area contributed by atoms with Crippen molar-refractivity contribution in [1.82, 2.24) is 4.98 Å². The summed E-state index contributed by atoms with van der Waals surface area (Å²) in [6.45, 7) is -2.87. The molecule has 1 aromatic carbocycles. The van der Waals surface area contributed by atoms with Crippen molar-refractivity contribution < 1.29 is 17.9 Å². The maximum Gasteiger partial charge on any atom is 0.387 e. The Morgan fingerprint density at radius 3 is 2.44 bits per heavy atom. The molecule has 0 amide bonds. The Morgan fingerprint density at radius 1 is 1.06 bits per heavy atom. The van der Waals surface area contributed by atoms with Crippen molar-refractivity contribution in [2.45, 2.75) is 13.0 Å². The van der Waals surface area contributed by atoms with Gasteiger partial charge in [-0.3, -0.25) is 4.98 Å². The van der Waals surface area contributed by atoms with E-state index in [0.717, 1.165) is 11.1 Å². The van der Waals surface area contributed by atoms with Crippen LogP contribution < -0.4 is 4.74 Å². The second kappa shape index (κ2) is 5.53. The molecule has 0 saturated carbocycles. The highest BCUT2D eigenvalue weighted by atomic mass is 19.3. The number of nitrogens with zero attached hydrogens (tertiary/aromatic N) is 1. The quantitative estimate of drug-likeness (QED) is 0.833. The number of halogens is 3. The van der Waals surface area contributed by atoms with Crippen LogP contribution in [0.3, 0.4) is 0 Å². The molecule has 18 heavy (non-hydrogen) atoms. The Morgan fingerprint density at radius 2 is 1.78 bits per heavy atom. The van der Waals surface area contributed by atoms with Gasteiger partial charge in [-0.15, -0.1) is 0 Å². The van der Waals surface area contributed by atoms with Crippen LogP contribution in [0, 0.1) is 5.82 Å². The molecule has 0 fully saturated rings. The van der Waals surface area contributed by atoms with Gasteiger partial charge in [0.1, 0.15) is 11.6 Å². The first-order valence-corrected chi connectivity index (χ1v) is 5.26. The van der Waals surface area contributed by atoms with Crippen molar-refractivity contribution >= 4 is 0 Å². The molecule has 94 valence electrons. The number of pyridine rings is 1. The third-order valence-electron chi connectivity index (χ3n) is 2.32. The highest BCUT2D eigenvalue weighted by Crippen LogP contribution is 2.17. The van der Waals surface area contributed by atoms with Gasteiger partial charge in [0.2, 0.25) is 0 Å². The Balaban J connectivity index is 2.11. The zero-order valence-electron chi connectivity index (χ0n) is 9.32. The second-order valence-electron chi connectivity index (χ2n) is 3.71. The van der Waals surface area contributed by atoms with E-state index in [-0.39, 0.29) is 11.6 Å². The maximum atomic E-state index is 12.7. The van der Waals surface area contributed by atoms with E-state index in [0.29, 0.717) is 6.42 Å². The van der Waals surface area contributed by atoms with Crippen LogP contribution >= 0.6 is 0 Å². The molecular formula is C13H10F3NO. The van der Waals surface area contributed by atoms with Gasteiger partial charge < -0.3 is 4.74 Å². The molecule has 0 spiro atoms. The van der Waals surface area contributed by atoms with Crippen molar-refractivity contribution in [3.05, 3.63) is 59.7 Å². The molecule has 0 saturated heterocycles. The Kier molecular flexibility index (Phi) is 3.82. The summed E-state index contributed by atoms with van der Waals surface area (Å²) in [5.74, 6) is -0.295. The van der Waals surface area contributed by atoms with Crippen LogP contribution in [0.1, 0.15) is 11.1 Å². The molecule has 0 aliphatic rings. The molecular weight excluding hydrogens is 243 g/mol. The molecule has 2 nitrogen and oxygen atoms in total. The molecule has 0 aliphatic carbocycles. The first-order chi connectivity index (χ1) is 8.63. The Labute approximate surface area is 102 Å². The summed E-state index contributed by atoms with van der Waals surface area (Å²) in [5, 5.41) is 0. The fourth-order valence-electron chi connectivity index (χ4n) is 1.57. The fourth-order valence-corrected chi connectivity index (χ4v) is 1.57. The number of hydrogen-bond acceptors (Lipinski definition) is 2. The van der Waals surface area contributed by atoms with Crippen LogP contribution in [0.25, 0.3) is 0 Å². The number of rotatable bonds is 4. The molecule has 2 rings (SSSR count). The van der Waals surface area contributed by atoms with Gasteiger partial charge in [-0.1, -0.05) is 12.1 Å². The Hall–Kier alpha value is -2.04. The average molecular weight is 253 g/mol. The van der Waals surface area contributed by atoms with Crippen molar-refractivity contribution in [2.24, 2.45) is 0 Å². The van der Waals surface area contributed by atoms with Gasteiger partial charge in [0.25, 0.3) is 0 Å². The van der Waals surface area contributed by atoms with Crippen LogP contribution in [0.15, 0.2) is 42.7 Å². The van der Waals surface area contributed by atoms with E-state index in [1.807, 2.05) is 0 Å². The average Bonchev–Trinajstić information content (AvgIpc) is 2.32. The predicted octanol–water partition coefficient (Wildman–Crippen LogP) is 3.41. The minimum absolute atomic E-state index is 0.0182. The molecule has 0 radical (unpaired) electrons. The SMILES string of the molecule is Fc1ccc(Cc2cncc(OC(F)F)c2)cc1. The van der Waals surface area contributed by atoms with E-state index < -0.39 is 6.61 Å². The molecule has 2 aromatic rings. The topological polar surface area (TPSA) is 22.1 Å². The first-order valence-electron chi connectivity index (χ1n) is 5.26. The normalized spacial score (nSPS) is 10.7. The van der Waals surface area contributed by atoms with E-state index in [2.05, 4.69) is 9.72 Å². The van der Waals surface area contributed by atoms with Gasteiger partial charge in [-0.2, -0.15) is 8.78 Å². The summed E-state index contributed by atoms with van der Waals surface area (Å²) in [5.41, 5.74) is 1.59. The summed E-state index contributed by atoms with van der Waals surface area (Å²) in [4.78, 5) is 3.82. The number of aromatic nitrogens is 1. The van der Waals surface area contributed by atoms with Gasteiger partial charge in [-0.05, 0) is 35.7 Å². The fraction of sp³-hybridized carbons (Fsp3) is 0.154. The molecule has 1 heterocycles. The van der Waals surface area contributed by atoms with Gasteiger partial charge in [-0.25, -0.2) is 4.39 Å². The van der Waals surface area contributed by atoms with Crippen molar-refractivity contribution in [3.8, 4) is 5.75 Å². The number of alkyl halides is 2. The predicted molar refractivity (Wildman–Crippen MR) is 60.1 cm³/mol. The molecule has 1 aromatic heterocycles. The van der Waals surface area contributed by atoms with Crippen LogP contribution in [0.2, 0.25) is 0 Å². The lowest BCUT2D eigenvalue weighted by Gasteiger charge is -2.06. The maximum absolute atomic E-state index is 12.7. The largest absolute Gasteiger partial charge is 0.433 e. The van der Waals surface area contributed by atoms with Crippen molar-refractivity contribution in [2.75, 3.05) is 0 Å². The zero-order valence-corrected chi connectivity index (χ0v) is 9.32. The minimum Gasteiger partial charge on any atom is -0.433 e. The summed E-state index contributed by atoms with van der Waals surface area (Å²) < 4.78 is 41.0. The standard InChI is InChI=1S/C13H10F3NO/c14-11-3-1-9(2-4-11)5-10-6-12(8-17-7-10)18-13(15)16/h1-4,6-8,13H,5H2. The first kappa shape index (κ1) is 12.4. The van der Waals surface area contributed by atoms with Gasteiger partial charge in [0, 0.05) is 6.20 Å². The zero-order chi connectivity index (χ0) is 13.0. The van der Waals surface area contributed by atoms with Crippen molar-refractivity contribution in [3.63, 3.8) is 0 Å². The summed E-state index contributed by atoms with van der Waals surface area (Å²) >= 11 is 0. The lowest BCUT2D eigenvalue weighted by molar-refractivity contribution is -0.0501. The summed E-state index contributed by atoms with van der Waals surface area (Å²) in [7, 11) is 0. The number of hydrogen-bond donors (Lipinski definition) is 0. The second-order valence-corrected chi connectivity index (χ2v) is 3.71. The van der Waals surface area contributed by atoms with Crippen LogP contribution in [-0.2, 0) is 6.42 Å². The molecule has 5 heteroatoms. The Bertz CT molecular complexity index is 514. The molecule has 0 atom stereocenters. The molecule has 0 unspecified atom stereocenters. The van der Waals surface area contributed by atoms with Crippen molar-refractivity contribution in [1.29, 1.82) is 0 Å². The minimum atomic E-state index is -2.87. The summed E-state index contributed by atoms with van der Waals surface area (Å²) in [6, 6.07) is 7.46. The summed E-state index contributed by atoms with van der Waals surface area (Å²) in [6.07, 6.45) is 3.26. The van der Waals surface area contributed by atoms with Crippen LogP contribution in [0.4, 0.5) is 13.2 Å². The number of benzene rings is 1. The van der Waals surface area contributed by atoms with E-state index in [1.165, 1.54) is 24.4 Å². The molecule has 0 bridgehead atoms. The number of ether oxygens (including phenoxy) is 1. The third-order valence-corrected chi connectivity index (χ3v) is 2.32.